The van der Waals surface area contributed by atoms with Crippen molar-refractivity contribution in [2.45, 2.75) is 76.3 Å². The highest BCUT2D eigenvalue weighted by Gasteiger charge is 2.40. The van der Waals surface area contributed by atoms with E-state index < -0.39 is 18.2 Å². The molecule has 0 aromatic carbocycles. The minimum Gasteiger partial charge on any atom is -0.388 e. The molecular weight excluding hydrogens is 278 g/mol. The van der Waals surface area contributed by atoms with Crippen LogP contribution in [0.5, 0.6) is 0 Å². The van der Waals surface area contributed by atoms with Gasteiger partial charge in [0.25, 0.3) is 0 Å². The standard InChI is InChI=1S/C14H27NO6/c1-8-13(10(15)5-11(17-4)19-8)21-12-6-14(3,16)7-18-9(2)20-12/h8-13,16H,5-7,15H2,1-4H3. The molecule has 2 fully saturated rings. The second kappa shape index (κ2) is 6.87. The van der Waals surface area contributed by atoms with Crippen molar-refractivity contribution in [3.63, 3.8) is 0 Å². The molecule has 2 aliphatic rings. The number of hydrogen-bond donors (Lipinski definition) is 2. The Kier molecular flexibility index (Phi) is 5.59. The van der Waals surface area contributed by atoms with Crippen molar-refractivity contribution in [3.8, 4) is 0 Å². The molecule has 7 atom stereocenters. The molecule has 0 radical (unpaired) electrons. The van der Waals surface area contributed by atoms with Gasteiger partial charge >= 0.3 is 0 Å². The zero-order chi connectivity index (χ0) is 15.6. The molecule has 0 aromatic rings. The summed E-state index contributed by atoms with van der Waals surface area (Å²) in [6.45, 7) is 5.58. The smallest absolute Gasteiger partial charge is 0.164 e. The van der Waals surface area contributed by atoms with E-state index in [9.17, 15) is 5.11 Å². The average molecular weight is 305 g/mol. The summed E-state index contributed by atoms with van der Waals surface area (Å²) in [6, 6.07) is -0.216. The number of nitrogens with two attached hydrogens (primary N) is 1. The summed E-state index contributed by atoms with van der Waals surface area (Å²) in [5.74, 6) is 0. The molecule has 0 aromatic heterocycles. The first-order chi connectivity index (χ1) is 9.80. The Morgan fingerprint density at radius 3 is 2.57 bits per heavy atom. The summed E-state index contributed by atoms with van der Waals surface area (Å²) in [7, 11) is 1.59. The quantitative estimate of drug-likeness (QED) is 0.776. The highest BCUT2D eigenvalue weighted by atomic mass is 16.8. The fourth-order valence-electron chi connectivity index (χ4n) is 2.71. The van der Waals surface area contributed by atoms with Crippen molar-refractivity contribution in [1.29, 1.82) is 0 Å². The van der Waals surface area contributed by atoms with Gasteiger partial charge in [-0.05, 0) is 20.8 Å². The van der Waals surface area contributed by atoms with E-state index in [1.165, 1.54) is 0 Å². The molecule has 2 saturated heterocycles. The second-order valence-electron chi connectivity index (χ2n) is 6.15. The van der Waals surface area contributed by atoms with Gasteiger partial charge in [-0.3, -0.25) is 0 Å². The fraction of sp³-hybridized carbons (Fsp3) is 1.00. The highest BCUT2D eigenvalue weighted by molar-refractivity contribution is 4.86. The Morgan fingerprint density at radius 1 is 1.24 bits per heavy atom. The molecule has 7 heteroatoms. The molecule has 2 aliphatic heterocycles. The summed E-state index contributed by atoms with van der Waals surface area (Å²) in [5, 5.41) is 10.2. The summed E-state index contributed by atoms with van der Waals surface area (Å²) in [5.41, 5.74) is 5.17. The zero-order valence-corrected chi connectivity index (χ0v) is 13.2. The number of rotatable bonds is 3. The largest absolute Gasteiger partial charge is 0.388 e. The normalized spacial score (nSPS) is 48.9. The Labute approximate surface area is 125 Å². The number of ether oxygens (including phenoxy) is 5. The maximum atomic E-state index is 10.2. The van der Waals surface area contributed by atoms with E-state index in [2.05, 4.69) is 0 Å². The predicted octanol–water partition coefficient (Wildman–Crippen LogP) is 0.340. The molecule has 0 aliphatic carbocycles. The minimum absolute atomic E-state index is 0.211. The lowest BCUT2D eigenvalue weighted by molar-refractivity contribution is -0.282. The van der Waals surface area contributed by atoms with Gasteiger partial charge in [0.2, 0.25) is 0 Å². The van der Waals surface area contributed by atoms with Crippen LogP contribution in [0.2, 0.25) is 0 Å². The lowest BCUT2D eigenvalue weighted by Crippen LogP contribution is -2.54. The third-order valence-corrected chi connectivity index (χ3v) is 3.87. The number of methoxy groups -OCH3 is 1. The maximum Gasteiger partial charge on any atom is 0.164 e. The van der Waals surface area contributed by atoms with Crippen LogP contribution in [0, 0.1) is 0 Å². The fourth-order valence-corrected chi connectivity index (χ4v) is 2.71. The van der Waals surface area contributed by atoms with Gasteiger partial charge in [-0.15, -0.1) is 0 Å². The van der Waals surface area contributed by atoms with Crippen LogP contribution in [0.3, 0.4) is 0 Å². The van der Waals surface area contributed by atoms with Gasteiger partial charge in [0.05, 0.1) is 18.3 Å². The predicted molar refractivity (Wildman–Crippen MR) is 74.3 cm³/mol. The number of hydrogen-bond acceptors (Lipinski definition) is 7. The molecule has 3 N–H and O–H groups in total. The van der Waals surface area contributed by atoms with Gasteiger partial charge in [-0.1, -0.05) is 0 Å². The van der Waals surface area contributed by atoms with Crippen molar-refractivity contribution in [1.82, 2.24) is 0 Å². The summed E-state index contributed by atoms with van der Waals surface area (Å²) >= 11 is 0. The van der Waals surface area contributed by atoms with E-state index in [1.54, 1.807) is 21.0 Å². The Balaban J connectivity index is 1.98. The van der Waals surface area contributed by atoms with Crippen LogP contribution in [0.1, 0.15) is 33.6 Å². The van der Waals surface area contributed by atoms with Crippen LogP contribution in [-0.2, 0) is 23.7 Å². The van der Waals surface area contributed by atoms with Crippen molar-refractivity contribution in [3.05, 3.63) is 0 Å². The van der Waals surface area contributed by atoms with Crippen LogP contribution >= 0.6 is 0 Å². The Hall–Kier alpha value is -0.280. The molecule has 7 nitrogen and oxygen atoms in total. The van der Waals surface area contributed by atoms with Gasteiger partial charge in [0, 0.05) is 26.0 Å². The van der Waals surface area contributed by atoms with Crippen LogP contribution in [0.4, 0.5) is 0 Å². The van der Waals surface area contributed by atoms with Crippen molar-refractivity contribution in [2.75, 3.05) is 13.7 Å². The molecule has 0 saturated carbocycles. The summed E-state index contributed by atoms with van der Waals surface area (Å²) < 4.78 is 27.9. The van der Waals surface area contributed by atoms with E-state index in [4.69, 9.17) is 29.4 Å². The Bertz CT molecular complexity index is 327. The molecular formula is C14H27NO6. The third kappa shape index (κ3) is 4.59. The monoisotopic (exact) mass is 305 g/mol. The minimum atomic E-state index is -0.993. The molecule has 2 rings (SSSR count). The van der Waals surface area contributed by atoms with Crippen molar-refractivity contribution >= 4 is 0 Å². The average Bonchev–Trinajstić information content (AvgIpc) is 2.52. The van der Waals surface area contributed by atoms with Crippen LogP contribution in [0.15, 0.2) is 0 Å². The number of aliphatic hydroxyl groups is 1. The lowest BCUT2D eigenvalue weighted by atomic mass is 9.99. The molecule has 124 valence electrons. The molecule has 7 unspecified atom stereocenters. The molecule has 21 heavy (non-hydrogen) atoms. The van der Waals surface area contributed by atoms with Gasteiger partial charge in [-0.2, -0.15) is 0 Å². The van der Waals surface area contributed by atoms with Crippen LogP contribution < -0.4 is 5.73 Å². The molecule has 2 heterocycles. The zero-order valence-electron chi connectivity index (χ0n) is 13.2. The van der Waals surface area contributed by atoms with Crippen LogP contribution in [-0.4, -0.2) is 61.5 Å². The Morgan fingerprint density at radius 2 is 1.95 bits per heavy atom. The summed E-state index contributed by atoms with van der Waals surface area (Å²) in [4.78, 5) is 0. The van der Waals surface area contributed by atoms with Crippen molar-refractivity contribution < 1.29 is 28.8 Å². The van der Waals surface area contributed by atoms with E-state index >= 15 is 0 Å². The lowest BCUT2D eigenvalue weighted by Gasteiger charge is -2.40. The van der Waals surface area contributed by atoms with Gasteiger partial charge in [0.15, 0.2) is 18.9 Å². The molecule has 0 amide bonds. The van der Waals surface area contributed by atoms with E-state index in [1.807, 2.05) is 6.92 Å². The van der Waals surface area contributed by atoms with E-state index in [0.29, 0.717) is 12.8 Å². The van der Waals surface area contributed by atoms with E-state index in [-0.39, 0.29) is 31.1 Å². The van der Waals surface area contributed by atoms with Gasteiger partial charge < -0.3 is 34.5 Å². The maximum absolute atomic E-state index is 10.2. The van der Waals surface area contributed by atoms with E-state index in [0.717, 1.165) is 0 Å². The van der Waals surface area contributed by atoms with Crippen LogP contribution in [0.25, 0.3) is 0 Å². The summed E-state index contributed by atoms with van der Waals surface area (Å²) in [6.07, 6.45) is -0.989. The van der Waals surface area contributed by atoms with Gasteiger partial charge in [-0.25, -0.2) is 0 Å². The SMILES string of the molecule is COC1CC(N)C(OC2CC(C)(O)COC(C)O2)C(C)O1. The third-order valence-electron chi connectivity index (χ3n) is 3.87. The highest BCUT2D eigenvalue weighted by Crippen LogP contribution is 2.28. The second-order valence-corrected chi connectivity index (χ2v) is 6.15. The molecule has 0 spiro atoms. The molecule has 0 bridgehead atoms. The van der Waals surface area contributed by atoms with Crippen molar-refractivity contribution in [2.24, 2.45) is 5.73 Å². The first-order valence-corrected chi connectivity index (χ1v) is 7.39. The first-order valence-electron chi connectivity index (χ1n) is 7.39. The first kappa shape index (κ1) is 17.1. The van der Waals surface area contributed by atoms with Gasteiger partial charge in [0.1, 0.15) is 6.10 Å². The topological polar surface area (TPSA) is 92.4 Å².